The number of nitrogens with one attached hydrogen (secondary N) is 1. The van der Waals surface area contributed by atoms with Gasteiger partial charge in [-0.2, -0.15) is 0 Å². The quantitative estimate of drug-likeness (QED) is 0.782. The molecule has 2 heterocycles. The zero-order valence-electron chi connectivity index (χ0n) is 12.4. The minimum Gasteiger partial charge on any atom is -0.346 e. The van der Waals surface area contributed by atoms with Gasteiger partial charge in [0.2, 0.25) is 5.95 Å². The van der Waals surface area contributed by atoms with Crippen molar-refractivity contribution in [2.75, 3.05) is 5.32 Å². The summed E-state index contributed by atoms with van der Waals surface area (Å²) in [6.07, 6.45) is 6.62. The lowest BCUT2D eigenvalue weighted by atomic mass is 9.98. The Bertz CT molecular complexity index is 801. The van der Waals surface area contributed by atoms with Crippen molar-refractivity contribution in [3.05, 3.63) is 59.1 Å². The molecule has 6 heteroatoms. The number of fused-ring (bicyclic) bond motifs is 1. The molecule has 4 rings (SSSR count). The second-order valence-electron chi connectivity index (χ2n) is 5.50. The molecule has 0 amide bonds. The minimum atomic E-state index is -0.226. The van der Waals surface area contributed by atoms with Gasteiger partial charge in [0.15, 0.2) is 0 Å². The van der Waals surface area contributed by atoms with Gasteiger partial charge in [-0.3, -0.25) is 0 Å². The summed E-state index contributed by atoms with van der Waals surface area (Å²) < 4.78 is 13.1. The highest BCUT2D eigenvalue weighted by molar-refractivity contribution is 7.15. The van der Waals surface area contributed by atoms with Gasteiger partial charge in [0.1, 0.15) is 10.8 Å². The zero-order chi connectivity index (χ0) is 15.6. The van der Waals surface area contributed by atoms with Crippen LogP contribution in [0.15, 0.2) is 42.7 Å². The van der Waals surface area contributed by atoms with Gasteiger partial charge in [-0.15, -0.1) is 11.3 Å². The summed E-state index contributed by atoms with van der Waals surface area (Å²) >= 11 is 1.69. The number of hydrogen-bond acceptors (Lipinski definition) is 5. The fraction of sp³-hybridized carbons (Fsp3) is 0.235. The molecular formula is C17H15FN4S. The van der Waals surface area contributed by atoms with Crippen LogP contribution < -0.4 is 5.32 Å². The lowest BCUT2D eigenvalue weighted by molar-refractivity contribution is 0.590. The van der Waals surface area contributed by atoms with Crippen LogP contribution in [0.5, 0.6) is 0 Å². The number of hydrogen-bond donors (Lipinski definition) is 1. The Kier molecular flexibility index (Phi) is 3.75. The Morgan fingerprint density at radius 3 is 2.70 bits per heavy atom. The molecule has 0 radical (unpaired) electrons. The van der Waals surface area contributed by atoms with Crippen molar-refractivity contribution < 1.29 is 4.39 Å². The van der Waals surface area contributed by atoms with Crippen LogP contribution in [0.25, 0.3) is 10.6 Å². The summed E-state index contributed by atoms with van der Waals surface area (Å²) in [6, 6.07) is 8.44. The molecular weight excluding hydrogens is 311 g/mol. The van der Waals surface area contributed by atoms with E-state index in [1.165, 1.54) is 17.0 Å². The van der Waals surface area contributed by atoms with Gasteiger partial charge in [0.05, 0.1) is 11.7 Å². The van der Waals surface area contributed by atoms with E-state index in [2.05, 4.69) is 15.3 Å². The van der Waals surface area contributed by atoms with Crippen molar-refractivity contribution in [1.82, 2.24) is 15.0 Å². The molecule has 1 aliphatic rings. The van der Waals surface area contributed by atoms with Gasteiger partial charge in [0, 0.05) is 22.8 Å². The Morgan fingerprint density at radius 2 is 1.91 bits per heavy atom. The summed E-state index contributed by atoms with van der Waals surface area (Å²) in [5, 5.41) is 4.32. The third kappa shape index (κ3) is 2.94. The third-order valence-electron chi connectivity index (χ3n) is 3.91. The number of halogens is 1. The van der Waals surface area contributed by atoms with Gasteiger partial charge in [0.25, 0.3) is 0 Å². The molecule has 1 unspecified atom stereocenters. The van der Waals surface area contributed by atoms with Crippen LogP contribution in [-0.2, 0) is 6.42 Å². The van der Waals surface area contributed by atoms with E-state index in [1.807, 2.05) is 0 Å². The fourth-order valence-corrected chi connectivity index (χ4v) is 3.97. The molecule has 2 aromatic heterocycles. The maximum absolute atomic E-state index is 13.1. The van der Waals surface area contributed by atoms with Crippen molar-refractivity contribution in [1.29, 1.82) is 0 Å². The highest BCUT2D eigenvalue weighted by Gasteiger charge is 2.25. The molecule has 116 valence electrons. The summed E-state index contributed by atoms with van der Waals surface area (Å²) in [6.45, 7) is 0. The molecule has 0 spiro atoms. The molecule has 1 N–H and O–H groups in total. The maximum atomic E-state index is 13.1. The highest BCUT2D eigenvalue weighted by atomic mass is 32.1. The summed E-state index contributed by atoms with van der Waals surface area (Å²) in [7, 11) is 0. The molecule has 1 atom stereocenters. The summed E-state index contributed by atoms with van der Waals surface area (Å²) in [4.78, 5) is 14.6. The van der Waals surface area contributed by atoms with Crippen LogP contribution in [0.4, 0.5) is 10.3 Å². The number of anilines is 1. The van der Waals surface area contributed by atoms with Gasteiger partial charge in [-0.05, 0) is 49.6 Å². The molecule has 3 aromatic rings. The van der Waals surface area contributed by atoms with E-state index in [1.54, 1.807) is 41.9 Å². The van der Waals surface area contributed by atoms with Crippen molar-refractivity contribution >= 4 is 17.3 Å². The van der Waals surface area contributed by atoms with Crippen LogP contribution in [0.3, 0.4) is 0 Å². The average molecular weight is 326 g/mol. The molecule has 0 saturated heterocycles. The predicted octanol–water partition coefficient (Wildman–Crippen LogP) is 4.23. The van der Waals surface area contributed by atoms with E-state index in [9.17, 15) is 4.39 Å². The van der Waals surface area contributed by atoms with Crippen LogP contribution >= 0.6 is 11.3 Å². The monoisotopic (exact) mass is 326 g/mol. The lowest BCUT2D eigenvalue weighted by Gasteiger charge is -2.22. The second-order valence-corrected chi connectivity index (χ2v) is 6.58. The Labute approximate surface area is 137 Å². The number of rotatable bonds is 3. The first kappa shape index (κ1) is 14.3. The zero-order valence-corrected chi connectivity index (χ0v) is 13.2. The molecule has 1 aromatic carbocycles. The second kappa shape index (κ2) is 6.04. The molecule has 4 nitrogen and oxygen atoms in total. The van der Waals surface area contributed by atoms with Gasteiger partial charge < -0.3 is 5.32 Å². The van der Waals surface area contributed by atoms with Crippen LogP contribution in [0, 0.1) is 5.82 Å². The highest BCUT2D eigenvalue weighted by Crippen LogP contribution is 2.38. The van der Waals surface area contributed by atoms with E-state index >= 15 is 0 Å². The smallest absolute Gasteiger partial charge is 0.223 e. The van der Waals surface area contributed by atoms with Gasteiger partial charge in [-0.1, -0.05) is 0 Å². The van der Waals surface area contributed by atoms with Gasteiger partial charge in [-0.25, -0.2) is 19.3 Å². The Hall–Kier alpha value is -2.34. The van der Waals surface area contributed by atoms with E-state index in [0.29, 0.717) is 5.95 Å². The number of thiazole rings is 1. The van der Waals surface area contributed by atoms with Crippen molar-refractivity contribution in [3.8, 4) is 10.6 Å². The van der Waals surface area contributed by atoms with Gasteiger partial charge >= 0.3 is 0 Å². The minimum absolute atomic E-state index is 0.131. The third-order valence-corrected chi connectivity index (χ3v) is 5.09. The van der Waals surface area contributed by atoms with E-state index in [-0.39, 0.29) is 11.9 Å². The normalized spacial score (nSPS) is 16.8. The molecule has 0 saturated carbocycles. The fourth-order valence-electron chi connectivity index (χ4n) is 2.80. The van der Waals surface area contributed by atoms with E-state index in [0.717, 1.165) is 35.5 Å². The average Bonchev–Trinajstić information content (AvgIpc) is 3.02. The molecule has 0 fully saturated rings. The molecule has 0 bridgehead atoms. The topological polar surface area (TPSA) is 50.7 Å². The standard InChI is InChI=1S/C17H15FN4S/c18-12-7-5-11(6-8-12)16-22-15-13(3-1-4-14(15)23-16)21-17-19-9-2-10-20-17/h2,5-10,13H,1,3-4H2,(H,19,20,21). The number of aromatic nitrogens is 3. The number of nitrogens with zero attached hydrogens (tertiary/aromatic N) is 3. The number of aryl methyl sites for hydroxylation is 1. The molecule has 0 aliphatic heterocycles. The van der Waals surface area contributed by atoms with E-state index in [4.69, 9.17) is 4.98 Å². The summed E-state index contributed by atoms with van der Waals surface area (Å²) in [5.74, 6) is 0.400. The largest absolute Gasteiger partial charge is 0.346 e. The molecule has 23 heavy (non-hydrogen) atoms. The van der Waals surface area contributed by atoms with Crippen LogP contribution in [0.1, 0.15) is 29.5 Å². The number of benzene rings is 1. The maximum Gasteiger partial charge on any atom is 0.223 e. The first-order valence-electron chi connectivity index (χ1n) is 7.59. The van der Waals surface area contributed by atoms with Crippen molar-refractivity contribution in [2.24, 2.45) is 0 Å². The first-order chi connectivity index (χ1) is 11.3. The SMILES string of the molecule is Fc1ccc(-c2nc3c(s2)CCCC3Nc2ncccn2)cc1. The molecule has 1 aliphatic carbocycles. The Morgan fingerprint density at radius 1 is 1.13 bits per heavy atom. The van der Waals surface area contributed by atoms with E-state index < -0.39 is 0 Å². The van der Waals surface area contributed by atoms with Crippen LogP contribution in [-0.4, -0.2) is 15.0 Å². The van der Waals surface area contributed by atoms with Crippen molar-refractivity contribution in [3.63, 3.8) is 0 Å². The predicted molar refractivity (Wildman–Crippen MR) is 88.8 cm³/mol. The summed E-state index contributed by atoms with van der Waals surface area (Å²) in [5.41, 5.74) is 2.04. The van der Waals surface area contributed by atoms with Crippen LogP contribution in [0.2, 0.25) is 0 Å². The lowest BCUT2D eigenvalue weighted by Crippen LogP contribution is -2.18. The first-order valence-corrected chi connectivity index (χ1v) is 8.40. The van der Waals surface area contributed by atoms with Crippen molar-refractivity contribution in [2.45, 2.75) is 25.3 Å². The Balaban J connectivity index is 1.64.